The van der Waals surface area contributed by atoms with Crippen LogP contribution in [-0.4, -0.2) is 52.4 Å². The van der Waals surface area contributed by atoms with E-state index >= 15 is 0 Å². The highest BCUT2D eigenvalue weighted by molar-refractivity contribution is 6.02. The van der Waals surface area contributed by atoms with Crippen LogP contribution in [0.2, 0.25) is 0 Å². The normalized spacial score (nSPS) is 16.2. The number of hydrogen-bond acceptors (Lipinski definition) is 11. The van der Waals surface area contributed by atoms with E-state index in [1.807, 2.05) is 54.6 Å². The summed E-state index contributed by atoms with van der Waals surface area (Å²) >= 11 is 0. The molecule has 2 aliphatic rings. The first-order valence-corrected chi connectivity index (χ1v) is 18.5. The van der Waals surface area contributed by atoms with Crippen LogP contribution in [0.15, 0.2) is 78.0 Å². The molecule has 6 rings (SSSR count). The van der Waals surface area contributed by atoms with E-state index in [9.17, 15) is 25.2 Å². The van der Waals surface area contributed by atoms with Crippen LogP contribution in [0.3, 0.4) is 0 Å². The molecule has 0 aromatic heterocycles. The highest BCUT2D eigenvalue weighted by Gasteiger charge is 2.27. The van der Waals surface area contributed by atoms with Gasteiger partial charge in [0.15, 0.2) is 17.6 Å². The first kappa shape index (κ1) is 38.6. The molecule has 1 amide bonds. The van der Waals surface area contributed by atoms with Gasteiger partial charge in [0, 0.05) is 23.2 Å². The zero-order valence-corrected chi connectivity index (χ0v) is 30.6. The van der Waals surface area contributed by atoms with E-state index in [1.54, 1.807) is 25.3 Å². The van der Waals surface area contributed by atoms with Crippen molar-refractivity contribution < 1.29 is 44.3 Å². The van der Waals surface area contributed by atoms with Crippen molar-refractivity contribution in [1.82, 2.24) is 5.32 Å². The standard InChI is InChI=1S/C42H49N3O9/c1-51-38-15-12-27(36-22-39(54-45-36)29-19-30(23-46)34(26-49)31(20-29)24-47)21-40(38)53-17-9-5-3-2-4-8-16-52-37-14-13-28(18-32(37)25-48)41-43-35-11-7-6-10-33(35)42(50)44-41/h6-7,10-15,18-21,39,41,43,46-49H,2-5,8-9,16-17,22-26H2,1H3,(H,44,50). The van der Waals surface area contributed by atoms with Crippen molar-refractivity contribution in [1.29, 1.82) is 0 Å². The van der Waals surface area contributed by atoms with Gasteiger partial charge in [0.1, 0.15) is 11.9 Å². The summed E-state index contributed by atoms with van der Waals surface area (Å²) in [5.41, 5.74) is 6.93. The monoisotopic (exact) mass is 739 g/mol. The summed E-state index contributed by atoms with van der Waals surface area (Å²) in [5, 5.41) is 50.0. The van der Waals surface area contributed by atoms with Gasteiger partial charge in [-0.2, -0.15) is 0 Å². The molecule has 0 saturated heterocycles. The van der Waals surface area contributed by atoms with Crippen molar-refractivity contribution in [2.75, 3.05) is 25.6 Å². The van der Waals surface area contributed by atoms with Crippen LogP contribution in [0.4, 0.5) is 5.69 Å². The number of nitrogens with zero attached hydrogens (tertiary/aromatic N) is 1. The van der Waals surface area contributed by atoms with Gasteiger partial charge in [-0.05, 0) is 95.3 Å². The maximum absolute atomic E-state index is 12.6. The van der Waals surface area contributed by atoms with Crippen molar-refractivity contribution in [2.24, 2.45) is 5.16 Å². The average Bonchev–Trinajstić information content (AvgIpc) is 3.71. The van der Waals surface area contributed by atoms with Gasteiger partial charge in [0.05, 0.1) is 58.0 Å². The number of para-hydroxylation sites is 1. The molecule has 4 aromatic carbocycles. The van der Waals surface area contributed by atoms with E-state index in [2.05, 4.69) is 15.8 Å². The van der Waals surface area contributed by atoms with Gasteiger partial charge in [0.25, 0.3) is 5.91 Å². The Labute approximate surface area is 315 Å². The lowest BCUT2D eigenvalue weighted by atomic mass is 9.93. The van der Waals surface area contributed by atoms with Crippen LogP contribution in [0, 0.1) is 0 Å². The number of ether oxygens (including phenoxy) is 3. The fourth-order valence-corrected chi connectivity index (χ4v) is 6.88. The summed E-state index contributed by atoms with van der Waals surface area (Å²) in [4.78, 5) is 18.3. The van der Waals surface area contributed by atoms with Crippen LogP contribution in [0.1, 0.15) is 107 Å². The number of unbranched alkanes of at least 4 members (excludes halogenated alkanes) is 5. The van der Waals surface area contributed by atoms with Gasteiger partial charge in [0.2, 0.25) is 0 Å². The minimum absolute atomic E-state index is 0.138. The second-order valence-corrected chi connectivity index (χ2v) is 13.4. The Balaban J connectivity index is 0.901. The quantitative estimate of drug-likeness (QED) is 0.0610. The Hall–Kier alpha value is -5.14. The summed E-state index contributed by atoms with van der Waals surface area (Å²) in [5.74, 6) is 1.78. The Morgan fingerprint density at radius 2 is 1.35 bits per heavy atom. The Bertz CT molecular complexity index is 1910. The number of amides is 1. The average molecular weight is 740 g/mol. The van der Waals surface area contributed by atoms with Crippen molar-refractivity contribution in [3.8, 4) is 17.2 Å². The number of rotatable bonds is 19. The van der Waals surface area contributed by atoms with Crippen LogP contribution in [-0.2, 0) is 31.3 Å². The van der Waals surface area contributed by atoms with E-state index in [-0.39, 0.29) is 38.4 Å². The zero-order chi connectivity index (χ0) is 37.9. The number of nitrogens with one attached hydrogen (secondary N) is 2. The van der Waals surface area contributed by atoms with E-state index in [0.29, 0.717) is 64.7 Å². The SMILES string of the molecule is COc1ccc(C2=NOC(c3cc(CO)c(CO)c(CO)c3)C2)cc1OCCCCCCCCOc1ccc(C2NC(=O)c3ccccc3N2)cc1CO. The number of aliphatic hydroxyl groups is 4. The van der Waals surface area contributed by atoms with Gasteiger partial charge in [-0.15, -0.1) is 0 Å². The minimum atomic E-state index is -0.395. The lowest BCUT2D eigenvalue weighted by Gasteiger charge is -2.28. The van der Waals surface area contributed by atoms with Gasteiger partial charge < -0.3 is 50.1 Å². The summed E-state index contributed by atoms with van der Waals surface area (Å²) < 4.78 is 17.7. The maximum Gasteiger partial charge on any atom is 0.255 e. The molecule has 0 aliphatic carbocycles. The first-order chi connectivity index (χ1) is 26.5. The van der Waals surface area contributed by atoms with Crippen molar-refractivity contribution in [3.05, 3.63) is 117 Å². The molecule has 2 unspecified atom stereocenters. The van der Waals surface area contributed by atoms with E-state index in [1.165, 1.54) is 0 Å². The van der Waals surface area contributed by atoms with Gasteiger partial charge in [-0.1, -0.05) is 49.0 Å². The molecule has 12 nitrogen and oxygen atoms in total. The molecule has 0 radical (unpaired) electrons. The van der Waals surface area contributed by atoms with Crippen molar-refractivity contribution in [2.45, 2.75) is 83.6 Å². The van der Waals surface area contributed by atoms with E-state index in [0.717, 1.165) is 66.6 Å². The summed E-state index contributed by atoms with van der Waals surface area (Å²) in [6.07, 6.45) is 5.71. The third kappa shape index (κ3) is 9.14. The number of fused-ring (bicyclic) bond motifs is 1. The number of hydrogen-bond donors (Lipinski definition) is 6. The van der Waals surface area contributed by atoms with Crippen LogP contribution < -0.4 is 24.8 Å². The van der Waals surface area contributed by atoms with Gasteiger partial charge in [-0.3, -0.25) is 4.79 Å². The molecular formula is C42H49N3O9. The molecule has 4 aromatic rings. The number of methoxy groups -OCH3 is 1. The third-order valence-corrected chi connectivity index (χ3v) is 9.88. The molecule has 0 fully saturated rings. The fourth-order valence-electron chi connectivity index (χ4n) is 6.88. The summed E-state index contributed by atoms with van der Waals surface area (Å²) in [6.45, 7) is 0.158. The molecule has 12 heteroatoms. The molecule has 2 heterocycles. The molecule has 0 spiro atoms. The second kappa shape index (κ2) is 18.8. The minimum Gasteiger partial charge on any atom is -0.493 e. The molecule has 286 valence electrons. The molecular weight excluding hydrogens is 690 g/mol. The Morgan fingerprint density at radius 3 is 2.04 bits per heavy atom. The molecule has 2 atom stereocenters. The Kier molecular flexibility index (Phi) is 13.4. The fraction of sp³-hybridized carbons (Fsp3) is 0.381. The van der Waals surface area contributed by atoms with Crippen LogP contribution in [0.25, 0.3) is 0 Å². The highest BCUT2D eigenvalue weighted by Crippen LogP contribution is 2.35. The van der Waals surface area contributed by atoms with Crippen molar-refractivity contribution in [3.63, 3.8) is 0 Å². The topological polar surface area (TPSA) is 171 Å². The largest absolute Gasteiger partial charge is 0.493 e. The third-order valence-electron chi connectivity index (χ3n) is 9.88. The molecule has 0 saturated carbocycles. The number of benzene rings is 4. The zero-order valence-electron chi connectivity index (χ0n) is 30.6. The second-order valence-electron chi connectivity index (χ2n) is 13.4. The van der Waals surface area contributed by atoms with E-state index < -0.39 is 6.17 Å². The first-order valence-electron chi connectivity index (χ1n) is 18.5. The molecule has 0 bridgehead atoms. The molecule has 54 heavy (non-hydrogen) atoms. The number of carbonyl (C=O) groups excluding carboxylic acids is 1. The predicted octanol–water partition coefficient (Wildman–Crippen LogP) is 6.18. The number of aliphatic hydroxyl groups excluding tert-OH is 4. The van der Waals surface area contributed by atoms with Crippen LogP contribution in [0.5, 0.6) is 17.2 Å². The Morgan fingerprint density at radius 1 is 0.704 bits per heavy atom. The number of oxime groups is 1. The smallest absolute Gasteiger partial charge is 0.255 e. The van der Waals surface area contributed by atoms with E-state index in [4.69, 9.17) is 19.0 Å². The summed E-state index contributed by atoms with van der Waals surface area (Å²) in [7, 11) is 1.61. The lowest BCUT2D eigenvalue weighted by Crippen LogP contribution is -2.38. The van der Waals surface area contributed by atoms with Crippen molar-refractivity contribution >= 4 is 17.3 Å². The predicted molar refractivity (Wildman–Crippen MR) is 204 cm³/mol. The van der Waals surface area contributed by atoms with Crippen LogP contribution >= 0.6 is 0 Å². The van der Waals surface area contributed by atoms with Gasteiger partial charge >= 0.3 is 0 Å². The lowest BCUT2D eigenvalue weighted by molar-refractivity contribution is 0.0853. The molecule has 6 N–H and O–H groups in total. The highest BCUT2D eigenvalue weighted by atomic mass is 16.6. The molecule has 2 aliphatic heterocycles. The number of anilines is 1. The number of carbonyl (C=O) groups is 1. The van der Waals surface area contributed by atoms with Gasteiger partial charge in [-0.25, -0.2) is 0 Å². The summed E-state index contributed by atoms with van der Waals surface area (Å²) in [6, 6.07) is 22.3. The maximum atomic E-state index is 12.6.